The van der Waals surface area contributed by atoms with Gasteiger partial charge in [-0.05, 0) is 73.0 Å². The van der Waals surface area contributed by atoms with E-state index in [0.29, 0.717) is 21.7 Å². The van der Waals surface area contributed by atoms with E-state index in [4.69, 9.17) is 0 Å². The number of hydrogen-bond donors (Lipinski definition) is 0. The number of allylic oxidation sites excluding steroid dienone is 4. The Morgan fingerprint density at radius 2 is 0.550 bits per heavy atom. The molecule has 0 radical (unpaired) electrons. The molecule has 0 N–H and O–H groups in total. The summed E-state index contributed by atoms with van der Waals surface area (Å²) in [5.41, 5.74) is 9.92. The van der Waals surface area contributed by atoms with E-state index < -0.39 is 0 Å². The van der Waals surface area contributed by atoms with Gasteiger partial charge in [0.2, 0.25) is 0 Å². The van der Waals surface area contributed by atoms with Crippen molar-refractivity contribution in [3.05, 3.63) is 22.3 Å². The van der Waals surface area contributed by atoms with E-state index in [1.165, 1.54) is 51.4 Å². The van der Waals surface area contributed by atoms with E-state index in [-0.39, 0.29) is 0 Å². The third-order valence-electron chi connectivity index (χ3n) is 8.74. The summed E-state index contributed by atoms with van der Waals surface area (Å²) in [5.74, 6) is 0. The average molecular weight is 268 g/mol. The van der Waals surface area contributed by atoms with E-state index in [0.717, 1.165) is 0 Å². The van der Waals surface area contributed by atoms with Crippen LogP contribution in [0.2, 0.25) is 0 Å². The summed E-state index contributed by atoms with van der Waals surface area (Å²) in [7, 11) is 0. The van der Waals surface area contributed by atoms with Gasteiger partial charge in [0.05, 0.1) is 0 Å². The van der Waals surface area contributed by atoms with Gasteiger partial charge >= 0.3 is 0 Å². The molecule has 0 heterocycles. The van der Waals surface area contributed by atoms with Crippen molar-refractivity contribution in [1.29, 1.82) is 0 Å². The zero-order valence-electron chi connectivity index (χ0n) is 13.7. The highest BCUT2D eigenvalue weighted by Crippen LogP contribution is 2.74. The van der Waals surface area contributed by atoms with Crippen molar-refractivity contribution in [2.75, 3.05) is 0 Å². The van der Waals surface area contributed by atoms with Crippen molar-refractivity contribution < 1.29 is 0 Å². The number of rotatable bonds is 0. The fraction of sp³-hybridized carbons (Fsp3) is 0.800. The summed E-state index contributed by atoms with van der Waals surface area (Å²) in [6.45, 7) is 10.4. The maximum Gasteiger partial charge on any atom is -0.0191 e. The van der Waals surface area contributed by atoms with Crippen molar-refractivity contribution in [3.63, 3.8) is 0 Å². The molecule has 8 rings (SSSR count). The Bertz CT molecular complexity index is 460. The van der Waals surface area contributed by atoms with Crippen LogP contribution in [0.4, 0.5) is 0 Å². The predicted octanol–water partition coefficient (Wildman–Crippen LogP) is 5.79. The molecule has 0 atom stereocenters. The van der Waals surface area contributed by atoms with Crippen LogP contribution < -0.4 is 0 Å². The molecule has 0 heteroatoms. The molecule has 0 aliphatic heterocycles. The lowest BCUT2D eigenvalue weighted by atomic mass is 9.71. The zero-order valence-corrected chi connectivity index (χ0v) is 13.7. The molecular weight excluding hydrogens is 240 g/mol. The van der Waals surface area contributed by atoms with E-state index in [1.807, 2.05) is 22.3 Å². The Hall–Kier alpha value is -0.520. The molecule has 4 saturated carbocycles. The molecule has 0 aromatic heterocycles. The van der Waals surface area contributed by atoms with E-state index in [9.17, 15) is 0 Å². The highest BCUT2D eigenvalue weighted by atomic mass is 14.7. The Balaban J connectivity index is 1.80. The van der Waals surface area contributed by atoms with Crippen LogP contribution in [0, 0.1) is 21.7 Å². The Kier molecular flexibility index (Phi) is 1.80. The largest absolute Gasteiger partial charge is 0.0698 e. The molecule has 0 unspecified atom stereocenters. The van der Waals surface area contributed by atoms with Crippen LogP contribution in [-0.2, 0) is 0 Å². The first-order valence-electron chi connectivity index (χ1n) is 8.66. The van der Waals surface area contributed by atoms with Crippen LogP contribution in [-0.4, -0.2) is 0 Å². The first-order chi connectivity index (χ1) is 9.26. The number of hydrogen-bond acceptors (Lipinski definition) is 0. The van der Waals surface area contributed by atoms with Gasteiger partial charge < -0.3 is 0 Å². The molecule has 0 spiro atoms. The molecule has 8 bridgehead atoms. The molecule has 0 nitrogen and oxygen atoms in total. The average Bonchev–Trinajstić information content (AvgIpc) is 2.86. The first-order valence-corrected chi connectivity index (χ1v) is 8.66. The van der Waals surface area contributed by atoms with Crippen molar-refractivity contribution in [1.82, 2.24) is 0 Å². The highest BCUT2D eigenvalue weighted by Gasteiger charge is 2.62. The lowest BCUT2D eigenvalue weighted by Crippen LogP contribution is -2.25. The molecule has 8 aliphatic rings. The normalized spacial score (nSPS) is 55.8. The van der Waals surface area contributed by atoms with Crippen molar-refractivity contribution in [3.8, 4) is 0 Å². The second-order valence-electron chi connectivity index (χ2n) is 10.1. The fourth-order valence-corrected chi connectivity index (χ4v) is 6.97. The third kappa shape index (κ3) is 1.11. The van der Waals surface area contributed by atoms with Gasteiger partial charge in [-0.25, -0.2) is 0 Å². The van der Waals surface area contributed by atoms with Crippen LogP contribution in [0.25, 0.3) is 0 Å². The second kappa shape index (κ2) is 2.99. The van der Waals surface area contributed by atoms with Crippen LogP contribution in [0.5, 0.6) is 0 Å². The third-order valence-corrected chi connectivity index (χ3v) is 8.74. The summed E-state index contributed by atoms with van der Waals surface area (Å²) < 4.78 is 0. The molecule has 108 valence electrons. The van der Waals surface area contributed by atoms with E-state index in [2.05, 4.69) is 27.7 Å². The van der Waals surface area contributed by atoms with Crippen LogP contribution >= 0.6 is 0 Å². The molecule has 4 fully saturated rings. The summed E-state index contributed by atoms with van der Waals surface area (Å²) in [4.78, 5) is 0. The Morgan fingerprint density at radius 1 is 0.400 bits per heavy atom. The van der Waals surface area contributed by atoms with Gasteiger partial charge in [-0.3, -0.25) is 0 Å². The SMILES string of the molecule is CC12CC3=C4CC5(C)CC(=C(C1)CC2(C)C3)CC5(C)C4. The summed E-state index contributed by atoms with van der Waals surface area (Å²) in [6.07, 6.45) is 11.3. The van der Waals surface area contributed by atoms with E-state index in [1.54, 1.807) is 0 Å². The predicted molar refractivity (Wildman–Crippen MR) is 83.4 cm³/mol. The smallest absolute Gasteiger partial charge is 0.0191 e. The van der Waals surface area contributed by atoms with Gasteiger partial charge in [-0.1, -0.05) is 50.0 Å². The van der Waals surface area contributed by atoms with Crippen molar-refractivity contribution in [2.45, 2.75) is 79.1 Å². The minimum absolute atomic E-state index is 0.583. The van der Waals surface area contributed by atoms with Crippen LogP contribution in [0.15, 0.2) is 22.3 Å². The zero-order chi connectivity index (χ0) is 14.0. The van der Waals surface area contributed by atoms with Crippen LogP contribution in [0.3, 0.4) is 0 Å². The van der Waals surface area contributed by atoms with Crippen molar-refractivity contribution >= 4 is 0 Å². The fourth-order valence-electron chi connectivity index (χ4n) is 6.97. The van der Waals surface area contributed by atoms with Crippen LogP contribution in [0.1, 0.15) is 79.1 Å². The summed E-state index contributed by atoms with van der Waals surface area (Å²) >= 11 is 0. The van der Waals surface area contributed by atoms with Gasteiger partial charge in [0.1, 0.15) is 0 Å². The van der Waals surface area contributed by atoms with Crippen molar-refractivity contribution in [2.24, 2.45) is 21.7 Å². The molecule has 0 saturated heterocycles. The first kappa shape index (κ1) is 12.1. The Labute approximate surface area is 123 Å². The molecule has 0 amide bonds. The molecule has 20 heavy (non-hydrogen) atoms. The molecule has 0 aromatic rings. The van der Waals surface area contributed by atoms with Gasteiger partial charge in [-0.2, -0.15) is 0 Å². The molecule has 8 aliphatic carbocycles. The topological polar surface area (TPSA) is 0 Å². The van der Waals surface area contributed by atoms with Gasteiger partial charge in [0.15, 0.2) is 0 Å². The van der Waals surface area contributed by atoms with Gasteiger partial charge in [0.25, 0.3) is 0 Å². The minimum Gasteiger partial charge on any atom is -0.0698 e. The van der Waals surface area contributed by atoms with Gasteiger partial charge in [-0.15, -0.1) is 0 Å². The second-order valence-corrected chi connectivity index (χ2v) is 10.1. The lowest BCUT2D eigenvalue weighted by Gasteiger charge is -2.33. The maximum absolute atomic E-state index is 2.60. The maximum atomic E-state index is 2.60. The molecule has 0 aromatic carbocycles. The summed E-state index contributed by atoms with van der Waals surface area (Å²) in [6, 6.07) is 0. The van der Waals surface area contributed by atoms with Gasteiger partial charge in [0, 0.05) is 0 Å². The Morgan fingerprint density at radius 3 is 0.700 bits per heavy atom. The minimum atomic E-state index is 0.583. The monoisotopic (exact) mass is 268 g/mol. The standard InChI is InChI=1S/C20H28/c1-17-5-13-7-18(17,2)8-14(6-17)16-10-19(3)9-15(13)11-20(19,4)12-16/h5-12H2,1-4H3. The highest BCUT2D eigenvalue weighted by molar-refractivity contribution is 5.42. The summed E-state index contributed by atoms with van der Waals surface area (Å²) in [5, 5.41) is 0. The quantitative estimate of drug-likeness (QED) is 0.487. The van der Waals surface area contributed by atoms with E-state index >= 15 is 0 Å². The molecular formula is C20H28. The lowest BCUT2D eigenvalue weighted by molar-refractivity contribution is 0.157.